The van der Waals surface area contributed by atoms with Crippen molar-refractivity contribution in [1.82, 2.24) is 0 Å². The zero-order valence-corrected chi connectivity index (χ0v) is 10.6. The lowest BCUT2D eigenvalue weighted by Crippen LogP contribution is -2.44. The topological polar surface area (TPSA) is 35.2 Å². The summed E-state index contributed by atoms with van der Waals surface area (Å²) in [6.45, 7) is 8.23. The molecule has 2 N–H and O–H groups in total. The van der Waals surface area contributed by atoms with Crippen LogP contribution in [0.3, 0.4) is 0 Å². The van der Waals surface area contributed by atoms with Crippen LogP contribution in [0, 0.1) is 11.8 Å². The molecule has 90 valence electrons. The molecule has 2 nitrogen and oxygen atoms in total. The molecule has 1 rings (SSSR count). The molecule has 2 heteroatoms. The second-order valence-corrected chi connectivity index (χ2v) is 5.44. The molecule has 0 spiro atoms. The van der Waals surface area contributed by atoms with Gasteiger partial charge < -0.3 is 10.5 Å². The van der Waals surface area contributed by atoms with E-state index in [2.05, 4.69) is 20.8 Å². The predicted octanol–water partition coefficient (Wildman–Crippen LogP) is 2.96. The summed E-state index contributed by atoms with van der Waals surface area (Å²) in [6.07, 6.45) is 6.23. The summed E-state index contributed by atoms with van der Waals surface area (Å²) in [7, 11) is 0. The molecule has 0 aromatic heterocycles. The smallest absolute Gasteiger partial charge is 0.0804 e. The van der Waals surface area contributed by atoms with Crippen molar-refractivity contribution in [1.29, 1.82) is 0 Å². The van der Waals surface area contributed by atoms with Gasteiger partial charge in [-0.15, -0.1) is 0 Å². The molecule has 0 bridgehead atoms. The largest absolute Gasteiger partial charge is 0.373 e. The van der Waals surface area contributed by atoms with Crippen LogP contribution in [0.4, 0.5) is 0 Å². The fourth-order valence-corrected chi connectivity index (χ4v) is 2.36. The van der Waals surface area contributed by atoms with Crippen LogP contribution < -0.4 is 5.73 Å². The third-order valence-corrected chi connectivity index (χ3v) is 3.69. The molecular formula is C13H27NO. The zero-order valence-electron chi connectivity index (χ0n) is 10.6. The van der Waals surface area contributed by atoms with Crippen molar-refractivity contribution in [2.75, 3.05) is 13.2 Å². The summed E-state index contributed by atoms with van der Waals surface area (Å²) >= 11 is 0. The first-order valence-corrected chi connectivity index (χ1v) is 6.46. The molecule has 0 saturated heterocycles. The van der Waals surface area contributed by atoms with Gasteiger partial charge in [0.25, 0.3) is 0 Å². The van der Waals surface area contributed by atoms with E-state index in [4.69, 9.17) is 10.5 Å². The highest BCUT2D eigenvalue weighted by atomic mass is 16.5. The molecule has 1 aliphatic rings. The molecule has 0 atom stereocenters. The first-order valence-electron chi connectivity index (χ1n) is 6.46. The van der Waals surface area contributed by atoms with Crippen LogP contribution in [0.5, 0.6) is 0 Å². The molecule has 0 radical (unpaired) electrons. The molecule has 0 aromatic rings. The number of nitrogens with two attached hydrogens (primary N) is 1. The Morgan fingerprint density at radius 3 is 2.33 bits per heavy atom. The molecular weight excluding hydrogens is 186 g/mol. The Morgan fingerprint density at radius 1 is 1.33 bits per heavy atom. The van der Waals surface area contributed by atoms with Gasteiger partial charge in [0.15, 0.2) is 0 Å². The summed E-state index contributed by atoms with van der Waals surface area (Å²) in [5, 5.41) is 0. The fourth-order valence-electron chi connectivity index (χ4n) is 2.36. The highest BCUT2D eigenvalue weighted by Gasteiger charge is 2.34. The van der Waals surface area contributed by atoms with Gasteiger partial charge in [-0.2, -0.15) is 0 Å². The van der Waals surface area contributed by atoms with Gasteiger partial charge in [0, 0.05) is 13.2 Å². The summed E-state index contributed by atoms with van der Waals surface area (Å²) in [4.78, 5) is 0. The minimum Gasteiger partial charge on any atom is -0.373 e. The summed E-state index contributed by atoms with van der Waals surface area (Å²) < 4.78 is 6.05. The maximum absolute atomic E-state index is 6.05. The lowest BCUT2D eigenvalue weighted by molar-refractivity contribution is -0.0808. The van der Waals surface area contributed by atoms with Gasteiger partial charge in [0.1, 0.15) is 0 Å². The maximum atomic E-state index is 6.05. The van der Waals surface area contributed by atoms with Gasteiger partial charge in [-0.3, -0.25) is 0 Å². The van der Waals surface area contributed by atoms with E-state index < -0.39 is 0 Å². The fraction of sp³-hybridized carbons (Fsp3) is 1.00. The van der Waals surface area contributed by atoms with Crippen molar-refractivity contribution in [3.05, 3.63) is 0 Å². The van der Waals surface area contributed by atoms with Gasteiger partial charge in [0.2, 0.25) is 0 Å². The summed E-state index contributed by atoms with van der Waals surface area (Å²) in [6, 6.07) is 0. The van der Waals surface area contributed by atoms with Crippen molar-refractivity contribution >= 4 is 0 Å². The standard InChI is InChI=1S/C13H27NO/c1-4-12-5-7-13(10-14,8-6-12)15-9-11(2)3/h11-12H,4-10,14H2,1-3H3. The SMILES string of the molecule is CCC1CCC(CN)(OCC(C)C)CC1. The molecule has 0 unspecified atom stereocenters. The Bertz CT molecular complexity index is 171. The molecule has 0 amide bonds. The minimum absolute atomic E-state index is 0.00986. The van der Waals surface area contributed by atoms with Crippen molar-refractivity contribution in [2.45, 2.75) is 58.5 Å². The molecule has 1 fully saturated rings. The lowest BCUT2D eigenvalue weighted by atomic mass is 9.77. The van der Waals surface area contributed by atoms with E-state index in [1.807, 2.05) is 0 Å². The average Bonchev–Trinajstić information content (AvgIpc) is 2.27. The van der Waals surface area contributed by atoms with Gasteiger partial charge in [-0.05, 0) is 37.5 Å². The van der Waals surface area contributed by atoms with E-state index in [-0.39, 0.29) is 5.60 Å². The van der Waals surface area contributed by atoms with Crippen LogP contribution >= 0.6 is 0 Å². The van der Waals surface area contributed by atoms with Gasteiger partial charge in [0.05, 0.1) is 5.60 Å². The highest BCUT2D eigenvalue weighted by molar-refractivity contribution is 4.88. The quantitative estimate of drug-likeness (QED) is 0.762. The van der Waals surface area contributed by atoms with Gasteiger partial charge in [-0.1, -0.05) is 27.2 Å². The number of ether oxygens (including phenoxy) is 1. The maximum Gasteiger partial charge on any atom is 0.0804 e. The first kappa shape index (κ1) is 13.0. The lowest BCUT2D eigenvalue weighted by Gasteiger charge is -2.39. The summed E-state index contributed by atoms with van der Waals surface area (Å²) in [5.74, 6) is 1.52. The first-order chi connectivity index (χ1) is 7.12. The Kier molecular flexibility index (Phi) is 5.07. The van der Waals surface area contributed by atoms with E-state index in [0.717, 1.165) is 25.4 Å². The molecule has 0 heterocycles. The molecule has 0 aromatic carbocycles. The monoisotopic (exact) mass is 213 g/mol. The number of hydrogen-bond donors (Lipinski definition) is 1. The second kappa shape index (κ2) is 5.86. The van der Waals surface area contributed by atoms with E-state index in [1.165, 1.54) is 19.3 Å². The van der Waals surface area contributed by atoms with Crippen LogP contribution in [-0.2, 0) is 4.74 Å². The Labute approximate surface area is 94.6 Å². The summed E-state index contributed by atoms with van der Waals surface area (Å²) in [5.41, 5.74) is 5.90. The van der Waals surface area contributed by atoms with Crippen LogP contribution in [0.1, 0.15) is 52.9 Å². The normalized spacial score (nSPS) is 32.2. The third-order valence-electron chi connectivity index (χ3n) is 3.69. The van der Waals surface area contributed by atoms with Crippen LogP contribution in [0.25, 0.3) is 0 Å². The van der Waals surface area contributed by atoms with E-state index in [0.29, 0.717) is 12.5 Å². The van der Waals surface area contributed by atoms with Crippen molar-refractivity contribution < 1.29 is 4.74 Å². The second-order valence-electron chi connectivity index (χ2n) is 5.44. The highest BCUT2D eigenvalue weighted by Crippen LogP contribution is 2.35. The Morgan fingerprint density at radius 2 is 1.93 bits per heavy atom. The molecule has 1 saturated carbocycles. The van der Waals surface area contributed by atoms with Crippen molar-refractivity contribution in [2.24, 2.45) is 17.6 Å². The third kappa shape index (κ3) is 3.76. The van der Waals surface area contributed by atoms with E-state index in [1.54, 1.807) is 0 Å². The predicted molar refractivity (Wildman–Crippen MR) is 64.8 cm³/mol. The van der Waals surface area contributed by atoms with E-state index >= 15 is 0 Å². The van der Waals surface area contributed by atoms with Crippen LogP contribution in [0.2, 0.25) is 0 Å². The minimum atomic E-state index is 0.00986. The number of hydrogen-bond acceptors (Lipinski definition) is 2. The van der Waals surface area contributed by atoms with Gasteiger partial charge >= 0.3 is 0 Å². The number of rotatable bonds is 5. The van der Waals surface area contributed by atoms with E-state index in [9.17, 15) is 0 Å². The Balaban J connectivity index is 2.41. The Hall–Kier alpha value is -0.0800. The molecule has 15 heavy (non-hydrogen) atoms. The van der Waals surface area contributed by atoms with Crippen molar-refractivity contribution in [3.63, 3.8) is 0 Å². The molecule has 1 aliphatic carbocycles. The zero-order chi connectivity index (χ0) is 11.3. The van der Waals surface area contributed by atoms with Gasteiger partial charge in [-0.25, -0.2) is 0 Å². The van der Waals surface area contributed by atoms with Crippen LogP contribution in [0.15, 0.2) is 0 Å². The molecule has 0 aliphatic heterocycles. The van der Waals surface area contributed by atoms with Crippen LogP contribution in [-0.4, -0.2) is 18.8 Å². The average molecular weight is 213 g/mol. The van der Waals surface area contributed by atoms with Crippen molar-refractivity contribution in [3.8, 4) is 0 Å².